The molecule has 5 atom stereocenters. The third-order valence-corrected chi connectivity index (χ3v) is 6.26. The summed E-state index contributed by atoms with van der Waals surface area (Å²) in [6.07, 6.45) is -7.90. The van der Waals surface area contributed by atoms with Crippen LogP contribution in [0.2, 0.25) is 0 Å². The zero-order valence-electron chi connectivity index (χ0n) is 22.4. The first kappa shape index (κ1) is 29.5. The Labute approximate surface area is 237 Å². The summed E-state index contributed by atoms with van der Waals surface area (Å²) in [7, 11) is 1.30. The van der Waals surface area contributed by atoms with Gasteiger partial charge in [-0.05, 0) is 36.2 Å². The fourth-order valence-electron chi connectivity index (χ4n) is 4.30. The second kappa shape index (κ2) is 14.8. The van der Waals surface area contributed by atoms with Crippen molar-refractivity contribution in [2.45, 2.75) is 43.5 Å². The number of aliphatic hydroxyl groups is 1. The van der Waals surface area contributed by atoms with Crippen molar-refractivity contribution in [3.8, 4) is 0 Å². The molecule has 0 saturated carbocycles. The van der Waals surface area contributed by atoms with Crippen molar-refractivity contribution < 1.29 is 43.2 Å². The van der Waals surface area contributed by atoms with E-state index in [4.69, 9.17) is 23.7 Å². The molecule has 1 aliphatic rings. The molecule has 0 bridgehead atoms. The minimum absolute atomic E-state index is 0.00924. The smallest absolute Gasteiger partial charge is 0.412 e. The Morgan fingerprint density at radius 3 is 1.76 bits per heavy atom. The van der Waals surface area contributed by atoms with Gasteiger partial charge in [-0.1, -0.05) is 66.7 Å². The number of amides is 2. The van der Waals surface area contributed by atoms with Crippen LogP contribution in [0.3, 0.4) is 0 Å². The van der Waals surface area contributed by atoms with Crippen molar-refractivity contribution in [1.82, 2.24) is 0 Å². The first-order chi connectivity index (χ1) is 20.0. The SMILES string of the molecule is CO[C@H]1O[C@H](CO)[C@@H](OC(=O)CCc2ccccc2)[C@H](OC(=O)Nc2ccccc2)[C@@H]1OC(=O)Nc1ccccc1. The number of carbonyl (C=O) groups excluding carboxylic acids is 3. The number of nitrogens with one attached hydrogen (secondary N) is 2. The van der Waals surface area contributed by atoms with E-state index in [2.05, 4.69) is 10.6 Å². The average Bonchev–Trinajstić information content (AvgIpc) is 2.99. The number of esters is 1. The molecule has 2 amide bonds. The average molecular weight is 565 g/mol. The molecule has 1 fully saturated rings. The summed E-state index contributed by atoms with van der Waals surface area (Å²) in [5, 5.41) is 15.3. The van der Waals surface area contributed by atoms with Gasteiger partial charge in [0.2, 0.25) is 0 Å². The first-order valence-corrected chi connectivity index (χ1v) is 13.0. The predicted molar refractivity (Wildman–Crippen MR) is 148 cm³/mol. The lowest BCUT2D eigenvalue weighted by Crippen LogP contribution is -2.63. The normalized spacial score (nSPS) is 21.8. The minimum atomic E-state index is -1.41. The predicted octanol–water partition coefficient (Wildman–Crippen LogP) is 4.13. The highest BCUT2D eigenvalue weighted by molar-refractivity contribution is 5.85. The number of methoxy groups -OCH3 is 1. The number of hydrogen-bond donors (Lipinski definition) is 3. The molecular weight excluding hydrogens is 532 g/mol. The van der Waals surface area contributed by atoms with Gasteiger partial charge < -0.3 is 28.8 Å². The number of carbonyl (C=O) groups is 3. The van der Waals surface area contributed by atoms with Gasteiger partial charge in [-0.3, -0.25) is 15.4 Å². The van der Waals surface area contributed by atoms with Crippen molar-refractivity contribution >= 4 is 29.5 Å². The van der Waals surface area contributed by atoms with E-state index in [0.29, 0.717) is 17.8 Å². The number of ether oxygens (including phenoxy) is 5. The largest absolute Gasteiger partial charge is 0.455 e. The zero-order chi connectivity index (χ0) is 29.0. The molecule has 11 nitrogen and oxygen atoms in total. The van der Waals surface area contributed by atoms with Crippen LogP contribution in [0, 0.1) is 0 Å². The molecule has 41 heavy (non-hydrogen) atoms. The van der Waals surface area contributed by atoms with Crippen LogP contribution in [-0.2, 0) is 34.9 Å². The lowest BCUT2D eigenvalue weighted by molar-refractivity contribution is -0.294. The molecule has 1 heterocycles. The summed E-state index contributed by atoms with van der Waals surface area (Å²) in [5.74, 6) is -0.624. The summed E-state index contributed by atoms with van der Waals surface area (Å²) in [6.45, 7) is -0.598. The summed E-state index contributed by atoms with van der Waals surface area (Å²) < 4.78 is 28.2. The fraction of sp³-hybridized carbons (Fsp3) is 0.300. The van der Waals surface area contributed by atoms with Gasteiger partial charge in [0.05, 0.1) is 6.61 Å². The van der Waals surface area contributed by atoms with Crippen LogP contribution in [0.5, 0.6) is 0 Å². The quantitative estimate of drug-likeness (QED) is 0.245. The third-order valence-electron chi connectivity index (χ3n) is 6.26. The van der Waals surface area contributed by atoms with E-state index in [-0.39, 0.29) is 6.42 Å². The third kappa shape index (κ3) is 8.52. The second-order valence-electron chi connectivity index (χ2n) is 9.12. The Morgan fingerprint density at radius 2 is 1.24 bits per heavy atom. The van der Waals surface area contributed by atoms with Crippen molar-refractivity contribution in [3.05, 3.63) is 96.6 Å². The Balaban J connectivity index is 1.55. The van der Waals surface area contributed by atoms with Gasteiger partial charge in [-0.2, -0.15) is 0 Å². The Kier molecular flexibility index (Phi) is 10.7. The maximum atomic E-state index is 13.0. The molecule has 3 N–H and O–H groups in total. The number of benzene rings is 3. The van der Waals surface area contributed by atoms with E-state index in [9.17, 15) is 19.5 Å². The van der Waals surface area contributed by atoms with Gasteiger partial charge in [0.25, 0.3) is 0 Å². The molecule has 0 spiro atoms. The van der Waals surface area contributed by atoms with Crippen LogP contribution < -0.4 is 10.6 Å². The molecule has 4 rings (SSSR count). The number of hydrogen-bond acceptors (Lipinski definition) is 9. The van der Waals surface area contributed by atoms with Crippen molar-refractivity contribution in [2.24, 2.45) is 0 Å². The zero-order valence-corrected chi connectivity index (χ0v) is 22.4. The standard InChI is InChI=1S/C30H32N2O9/c1-37-28-27(41-30(36)32-22-15-9-4-10-16-22)26(40-29(35)31-21-13-7-3-8-14-21)25(23(19-33)38-28)39-24(34)18-17-20-11-5-2-6-12-20/h2-16,23,25-28,33H,17-19H2,1H3,(H,31,35)(H,32,36)/t23-,25-,26+,27+,28+/m1/s1. The lowest BCUT2D eigenvalue weighted by Gasteiger charge is -2.43. The van der Waals surface area contributed by atoms with Gasteiger partial charge in [-0.15, -0.1) is 0 Å². The topological polar surface area (TPSA) is 142 Å². The van der Waals surface area contributed by atoms with Crippen LogP contribution in [0.15, 0.2) is 91.0 Å². The van der Waals surface area contributed by atoms with E-state index in [0.717, 1.165) is 5.56 Å². The van der Waals surface area contributed by atoms with E-state index < -0.39 is 55.5 Å². The number of rotatable bonds is 10. The number of aliphatic hydroxyl groups excluding tert-OH is 1. The highest BCUT2D eigenvalue weighted by atomic mass is 16.7. The highest BCUT2D eigenvalue weighted by Crippen LogP contribution is 2.30. The molecule has 0 unspecified atom stereocenters. The molecule has 1 saturated heterocycles. The van der Waals surface area contributed by atoms with Crippen molar-refractivity contribution in [1.29, 1.82) is 0 Å². The molecule has 11 heteroatoms. The van der Waals surface area contributed by atoms with Gasteiger partial charge in [0.1, 0.15) is 6.10 Å². The number of para-hydroxylation sites is 2. The van der Waals surface area contributed by atoms with Crippen molar-refractivity contribution in [2.75, 3.05) is 24.4 Å². The molecule has 3 aromatic rings. The van der Waals surface area contributed by atoms with E-state index in [1.165, 1.54) is 7.11 Å². The molecule has 0 radical (unpaired) electrons. The van der Waals surface area contributed by atoms with Crippen molar-refractivity contribution in [3.63, 3.8) is 0 Å². The van der Waals surface area contributed by atoms with Gasteiger partial charge in [0.15, 0.2) is 24.6 Å². The molecule has 1 aliphatic heterocycles. The number of anilines is 2. The number of aryl methyl sites for hydroxylation is 1. The first-order valence-electron chi connectivity index (χ1n) is 13.0. The monoisotopic (exact) mass is 564 g/mol. The van der Waals surface area contributed by atoms with Crippen LogP contribution in [0.25, 0.3) is 0 Å². The Hall–Kier alpha value is -4.45. The summed E-state index contributed by atoms with van der Waals surface area (Å²) in [4.78, 5) is 38.7. The van der Waals surface area contributed by atoms with E-state index >= 15 is 0 Å². The van der Waals surface area contributed by atoms with E-state index in [1.54, 1.807) is 60.7 Å². The van der Waals surface area contributed by atoms with Crippen LogP contribution >= 0.6 is 0 Å². The minimum Gasteiger partial charge on any atom is -0.455 e. The molecule has 0 aromatic heterocycles. The van der Waals surface area contributed by atoms with Crippen LogP contribution in [0.1, 0.15) is 12.0 Å². The highest BCUT2D eigenvalue weighted by Gasteiger charge is 2.52. The van der Waals surface area contributed by atoms with Gasteiger partial charge >= 0.3 is 18.2 Å². The van der Waals surface area contributed by atoms with Crippen LogP contribution in [0.4, 0.5) is 21.0 Å². The van der Waals surface area contributed by atoms with Gasteiger partial charge in [-0.25, -0.2) is 9.59 Å². The summed E-state index contributed by atoms with van der Waals surface area (Å²) >= 11 is 0. The second-order valence-corrected chi connectivity index (χ2v) is 9.12. The Bertz CT molecular complexity index is 1260. The molecule has 216 valence electrons. The van der Waals surface area contributed by atoms with Crippen LogP contribution in [-0.4, -0.2) is 67.7 Å². The molecule has 3 aromatic carbocycles. The lowest BCUT2D eigenvalue weighted by atomic mass is 9.98. The maximum Gasteiger partial charge on any atom is 0.412 e. The summed E-state index contributed by atoms with van der Waals surface area (Å²) in [5.41, 5.74) is 1.83. The van der Waals surface area contributed by atoms with E-state index in [1.807, 2.05) is 30.3 Å². The molecule has 0 aliphatic carbocycles. The maximum absolute atomic E-state index is 13.0. The summed E-state index contributed by atoms with van der Waals surface area (Å²) in [6, 6.07) is 26.5. The Morgan fingerprint density at radius 1 is 0.732 bits per heavy atom. The fourth-order valence-corrected chi connectivity index (χ4v) is 4.30. The molecular formula is C30H32N2O9. The van der Waals surface area contributed by atoms with Gasteiger partial charge in [0, 0.05) is 24.9 Å².